The molecule has 0 aliphatic carbocycles. The molecule has 1 aliphatic heterocycles. The Kier molecular flexibility index (Phi) is 1.92. The van der Waals surface area contributed by atoms with E-state index in [0.29, 0.717) is 0 Å². The third-order valence-electron chi connectivity index (χ3n) is 1.63. The Hall–Kier alpha value is -0.0151. The van der Waals surface area contributed by atoms with Crippen LogP contribution in [-0.4, -0.2) is 37.1 Å². The molecule has 0 bridgehead atoms. The number of aliphatic hydroxyl groups is 1. The maximum absolute atomic E-state index is 8.61. The quantitative estimate of drug-likeness (QED) is 0.462. The minimum Gasteiger partial charge on any atom is -0.395 e. The van der Waals surface area contributed by atoms with Crippen LogP contribution in [0.15, 0.2) is 0 Å². The molecule has 0 unspecified atom stereocenters. The zero-order valence-electron chi connectivity index (χ0n) is 4.88. The molecule has 1 atom stereocenters. The molecule has 2 nitrogen and oxygen atoms in total. The standard InChI is InChI=1S/C5H10BNO/c6-7-3-1-2-5(7)4-8/h5,8H,1-4H2/t5-/m0/s1. The van der Waals surface area contributed by atoms with E-state index in [1.807, 2.05) is 0 Å². The predicted octanol–water partition coefficient (Wildman–Crippen LogP) is -0.473. The van der Waals surface area contributed by atoms with Gasteiger partial charge in [0, 0.05) is 6.04 Å². The maximum atomic E-state index is 8.61. The lowest BCUT2D eigenvalue weighted by Crippen LogP contribution is -2.29. The van der Waals surface area contributed by atoms with Crippen LogP contribution in [0.1, 0.15) is 12.8 Å². The van der Waals surface area contributed by atoms with Gasteiger partial charge in [0.1, 0.15) is 0 Å². The van der Waals surface area contributed by atoms with Crippen molar-refractivity contribution in [1.82, 2.24) is 4.81 Å². The molecule has 1 saturated heterocycles. The van der Waals surface area contributed by atoms with Crippen molar-refractivity contribution < 1.29 is 5.11 Å². The van der Waals surface area contributed by atoms with E-state index in [-0.39, 0.29) is 12.6 Å². The first kappa shape index (κ1) is 6.11. The van der Waals surface area contributed by atoms with Gasteiger partial charge in [0.15, 0.2) is 7.98 Å². The summed E-state index contributed by atoms with van der Waals surface area (Å²) in [6.07, 6.45) is 2.18. The molecule has 0 aromatic rings. The monoisotopic (exact) mass is 111 g/mol. The number of hydrogen-bond acceptors (Lipinski definition) is 2. The van der Waals surface area contributed by atoms with Crippen molar-refractivity contribution in [3.63, 3.8) is 0 Å². The second kappa shape index (κ2) is 2.51. The summed E-state index contributed by atoms with van der Waals surface area (Å²) in [6, 6.07) is 0.231. The average Bonchev–Trinajstić information content (AvgIpc) is 2.14. The summed E-state index contributed by atoms with van der Waals surface area (Å²) in [4.78, 5) is 1.71. The molecule has 0 spiro atoms. The van der Waals surface area contributed by atoms with Gasteiger partial charge in [-0.1, -0.05) is 0 Å². The number of aliphatic hydroxyl groups excluding tert-OH is 1. The smallest absolute Gasteiger partial charge is 0.182 e. The van der Waals surface area contributed by atoms with Crippen LogP contribution in [0.5, 0.6) is 0 Å². The zero-order valence-corrected chi connectivity index (χ0v) is 4.88. The van der Waals surface area contributed by atoms with E-state index in [1.54, 1.807) is 4.81 Å². The molecule has 0 aromatic heterocycles. The molecule has 44 valence electrons. The van der Waals surface area contributed by atoms with Gasteiger partial charge in [0.25, 0.3) is 0 Å². The maximum Gasteiger partial charge on any atom is 0.182 e. The van der Waals surface area contributed by atoms with Crippen molar-refractivity contribution in [1.29, 1.82) is 0 Å². The van der Waals surface area contributed by atoms with Crippen LogP contribution in [0.25, 0.3) is 0 Å². The highest BCUT2D eigenvalue weighted by Gasteiger charge is 2.18. The van der Waals surface area contributed by atoms with E-state index >= 15 is 0 Å². The topological polar surface area (TPSA) is 23.5 Å². The van der Waals surface area contributed by atoms with E-state index in [4.69, 9.17) is 13.1 Å². The Labute approximate surface area is 50.9 Å². The van der Waals surface area contributed by atoms with Crippen LogP contribution >= 0.6 is 0 Å². The molecular formula is C5H10BNO. The summed E-state index contributed by atoms with van der Waals surface area (Å²) >= 11 is 0. The minimum absolute atomic E-state index is 0.205. The summed E-state index contributed by atoms with van der Waals surface area (Å²) in [7, 11) is 5.46. The zero-order chi connectivity index (χ0) is 5.98. The second-order valence-electron chi connectivity index (χ2n) is 2.22. The lowest BCUT2D eigenvalue weighted by atomic mass is 10.2. The fourth-order valence-electron chi connectivity index (χ4n) is 1.05. The van der Waals surface area contributed by atoms with Gasteiger partial charge in [-0.05, 0) is 19.4 Å². The highest BCUT2D eigenvalue weighted by molar-refractivity contribution is 6.04. The van der Waals surface area contributed by atoms with Gasteiger partial charge in [-0.2, -0.15) is 0 Å². The van der Waals surface area contributed by atoms with Gasteiger partial charge in [-0.15, -0.1) is 0 Å². The van der Waals surface area contributed by atoms with Crippen molar-refractivity contribution in [2.75, 3.05) is 13.2 Å². The van der Waals surface area contributed by atoms with Crippen LogP contribution in [0, 0.1) is 0 Å². The molecular weight excluding hydrogens is 101 g/mol. The number of hydrogen-bond donors (Lipinski definition) is 1. The van der Waals surface area contributed by atoms with Crippen LogP contribution in [-0.2, 0) is 0 Å². The third kappa shape index (κ3) is 1.04. The normalized spacial score (nSPS) is 31.4. The third-order valence-corrected chi connectivity index (χ3v) is 1.63. The van der Waals surface area contributed by atoms with E-state index in [0.717, 1.165) is 19.4 Å². The Morgan fingerprint density at radius 1 is 1.75 bits per heavy atom. The number of rotatable bonds is 1. The van der Waals surface area contributed by atoms with E-state index in [9.17, 15) is 0 Å². The van der Waals surface area contributed by atoms with Crippen LogP contribution in [0.4, 0.5) is 0 Å². The van der Waals surface area contributed by atoms with Gasteiger partial charge >= 0.3 is 0 Å². The van der Waals surface area contributed by atoms with Crippen molar-refractivity contribution >= 4 is 7.98 Å². The Morgan fingerprint density at radius 3 is 2.75 bits per heavy atom. The van der Waals surface area contributed by atoms with Crippen molar-refractivity contribution in [2.24, 2.45) is 0 Å². The van der Waals surface area contributed by atoms with Crippen LogP contribution < -0.4 is 0 Å². The van der Waals surface area contributed by atoms with E-state index < -0.39 is 0 Å². The summed E-state index contributed by atoms with van der Waals surface area (Å²) in [5, 5.41) is 8.61. The Balaban J connectivity index is 2.30. The first-order valence-electron chi connectivity index (χ1n) is 2.97. The lowest BCUT2D eigenvalue weighted by Gasteiger charge is -2.15. The predicted molar refractivity (Wildman–Crippen MR) is 32.6 cm³/mol. The molecule has 2 radical (unpaired) electrons. The first-order valence-corrected chi connectivity index (χ1v) is 2.97. The SMILES string of the molecule is [B]N1CCC[C@H]1CO. The van der Waals surface area contributed by atoms with Crippen LogP contribution in [0.2, 0.25) is 0 Å². The summed E-state index contributed by atoms with van der Waals surface area (Å²) in [5.74, 6) is 0. The average molecular weight is 111 g/mol. The van der Waals surface area contributed by atoms with Gasteiger partial charge in [-0.25, -0.2) is 0 Å². The molecule has 1 rings (SSSR count). The van der Waals surface area contributed by atoms with Crippen LogP contribution in [0.3, 0.4) is 0 Å². The van der Waals surface area contributed by atoms with Crippen molar-refractivity contribution in [3.8, 4) is 0 Å². The van der Waals surface area contributed by atoms with Gasteiger partial charge in [0.05, 0.1) is 6.61 Å². The highest BCUT2D eigenvalue weighted by Crippen LogP contribution is 2.12. The fraction of sp³-hybridized carbons (Fsp3) is 1.00. The van der Waals surface area contributed by atoms with Crippen molar-refractivity contribution in [3.05, 3.63) is 0 Å². The molecule has 8 heavy (non-hydrogen) atoms. The van der Waals surface area contributed by atoms with E-state index in [2.05, 4.69) is 0 Å². The molecule has 0 saturated carbocycles. The lowest BCUT2D eigenvalue weighted by molar-refractivity contribution is 0.217. The fourth-order valence-corrected chi connectivity index (χ4v) is 1.05. The van der Waals surface area contributed by atoms with Gasteiger partial charge < -0.3 is 9.92 Å². The molecule has 1 N–H and O–H groups in total. The van der Waals surface area contributed by atoms with Gasteiger partial charge in [-0.3, -0.25) is 0 Å². The molecule has 0 aromatic carbocycles. The number of nitrogens with zero attached hydrogens (tertiary/aromatic N) is 1. The molecule has 1 heterocycles. The molecule has 0 amide bonds. The van der Waals surface area contributed by atoms with E-state index in [1.165, 1.54) is 0 Å². The Bertz CT molecular complexity index is 78.8. The molecule has 1 aliphatic rings. The first-order chi connectivity index (χ1) is 3.84. The van der Waals surface area contributed by atoms with Gasteiger partial charge in [0.2, 0.25) is 0 Å². The highest BCUT2D eigenvalue weighted by atomic mass is 16.3. The summed E-state index contributed by atoms with van der Waals surface area (Å²) in [6.45, 7) is 1.14. The largest absolute Gasteiger partial charge is 0.395 e. The summed E-state index contributed by atoms with van der Waals surface area (Å²) in [5.41, 5.74) is 0. The summed E-state index contributed by atoms with van der Waals surface area (Å²) < 4.78 is 0. The molecule has 3 heteroatoms. The molecule has 1 fully saturated rings. The Morgan fingerprint density at radius 2 is 2.50 bits per heavy atom. The second-order valence-corrected chi connectivity index (χ2v) is 2.22. The minimum atomic E-state index is 0.205. The van der Waals surface area contributed by atoms with Crippen molar-refractivity contribution in [2.45, 2.75) is 18.9 Å².